The van der Waals surface area contributed by atoms with Crippen molar-refractivity contribution in [3.8, 4) is 0 Å². The van der Waals surface area contributed by atoms with Gasteiger partial charge in [0.15, 0.2) is 0 Å². The molecule has 0 saturated carbocycles. The van der Waals surface area contributed by atoms with Crippen molar-refractivity contribution in [2.75, 3.05) is 11.8 Å². The fraction of sp³-hybridized carbons (Fsp3) is 0.308. The lowest BCUT2D eigenvalue weighted by atomic mass is 10.1. The van der Waals surface area contributed by atoms with Crippen LogP contribution in [0.25, 0.3) is 10.9 Å². The molecule has 0 amide bonds. The predicted octanol–water partition coefficient (Wildman–Crippen LogP) is 1.70. The number of nitrogens with zero attached hydrogens (tertiary/aromatic N) is 1. The molecule has 1 aromatic heterocycles. The molecule has 1 aromatic carbocycles. The number of anilines is 1. The molecule has 0 spiro atoms. The van der Waals surface area contributed by atoms with E-state index in [1.165, 1.54) is 13.2 Å². The zero-order chi connectivity index (χ0) is 14.5. The maximum Gasteiger partial charge on any atom is 0.337 e. The monoisotopic (exact) mass is 294 g/mol. The summed E-state index contributed by atoms with van der Waals surface area (Å²) in [5.41, 5.74) is 2.58. The number of hydrogen-bond donors (Lipinski definition) is 1. The normalized spacial score (nSPS) is 15.9. The number of methoxy groups -OCH3 is 1. The third-order valence-corrected chi connectivity index (χ3v) is 4.58. The maximum atomic E-state index is 11.9. The van der Waals surface area contributed by atoms with E-state index in [2.05, 4.69) is 4.72 Å². The van der Waals surface area contributed by atoms with Crippen LogP contribution < -0.4 is 4.72 Å². The summed E-state index contributed by atoms with van der Waals surface area (Å²) in [7, 11) is -2.13. The van der Waals surface area contributed by atoms with Gasteiger partial charge in [-0.1, -0.05) is 6.92 Å². The summed E-state index contributed by atoms with van der Waals surface area (Å²) in [6.45, 7) is 1.99. The van der Waals surface area contributed by atoms with Crippen LogP contribution in [0, 0.1) is 0 Å². The van der Waals surface area contributed by atoms with Crippen LogP contribution in [-0.4, -0.2) is 26.1 Å². The summed E-state index contributed by atoms with van der Waals surface area (Å²) in [5, 5.41) is 0.882. The quantitative estimate of drug-likeness (QED) is 0.855. The largest absolute Gasteiger partial charge is 0.465 e. The first-order valence-electron chi connectivity index (χ1n) is 6.19. The van der Waals surface area contributed by atoms with Crippen molar-refractivity contribution in [1.82, 2.24) is 4.57 Å². The van der Waals surface area contributed by atoms with Gasteiger partial charge in [-0.2, -0.15) is 0 Å². The van der Waals surface area contributed by atoms with E-state index in [0.717, 1.165) is 22.9 Å². The van der Waals surface area contributed by atoms with E-state index in [9.17, 15) is 13.2 Å². The minimum absolute atomic E-state index is 0.103. The van der Waals surface area contributed by atoms with E-state index in [0.29, 0.717) is 11.3 Å². The zero-order valence-electron chi connectivity index (χ0n) is 11.1. The SMILES string of the molecule is CCc1cn2c3c(cc(C(=O)OC)cc13)NS(=O)(=O)C2. The van der Waals surface area contributed by atoms with Gasteiger partial charge in [0.05, 0.1) is 23.9 Å². The van der Waals surface area contributed by atoms with Gasteiger partial charge in [0.2, 0.25) is 0 Å². The second-order valence-electron chi connectivity index (χ2n) is 4.74. The molecule has 1 aliphatic rings. The van der Waals surface area contributed by atoms with Crippen LogP contribution in [0.1, 0.15) is 22.8 Å². The predicted molar refractivity (Wildman–Crippen MR) is 75.2 cm³/mol. The highest BCUT2D eigenvalue weighted by Gasteiger charge is 2.25. The molecular weight excluding hydrogens is 280 g/mol. The Morgan fingerprint density at radius 1 is 1.45 bits per heavy atom. The van der Waals surface area contributed by atoms with E-state index < -0.39 is 16.0 Å². The van der Waals surface area contributed by atoms with Crippen molar-refractivity contribution in [2.45, 2.75) is 19.2 Å². The molecule has 20 heavy (non-hydrogen) atoms. The number of nitrogens with one attached hydrogen (secondary N) is 1. The molecule has 0 bridgehead atoms. The summed E-state index contributed by atoms with van der Waals surface area (Å²) < 4.78 is 32.6. The molecule has 0 radical (unpaired) electrons. The van der Waals surface area contributed by atoms with Gasteiger partial charge in [-0.25, -0.2) is 13.2 Å². The number of rotatable bonds is 2. The molecule has 2 heterocycles. The summed E-state index contributed by atoms with van der Waals surface area (Å²) in [6, 6.07) is 3.26. The van der Waals surface area contributed by atoms with E-state index in [1.807, 2.05) is 13.1 Å². The molecule has 0 atom stereocenters. The van der Waals surface area contributed by atoms with Gasteiger partial charge in [-0.15, -0.1) is 0 Å². The zero-order valence-corrected chi connectivity index (χ0v) is 12.0. The lowest BCUT2D eigenvalue weighted by Gasteiger charge is -2.18. The number of benzene rings is 1. The fourth-order valence-electron chi connectivity index (χ4n) is 2.59. The van der Waals surface area contributed by atoms with Crippen LogP contribution in [0.15, 0.2) is 18.3 Å². The summed E-state index contributed by atoms with van der Waals surface area (Å²) in [5.74, 6) is -0.587. The Labute approximate surface area is 116 Å². The number of hydrogen-bond acceptors (Lipinski definition) is 4. The number of aryl methyl sites for hydroxylation is 1. The molecule has 6 nitrogen and oxygen atoms in total. The minimum Gasteiger partial charge on any atom is -0.465 e. The lowest BCUT2D eigenvalue weighted by Crippen LogP contribution is -2.23. The molecule has 0 unspecified atom stereocenters. The topological polar surface area (TPSA) is 77.4 Å². The van der Waals surface area contributed by atoms with Gasteiger partial charge in [0.25, 0.3) is 10.0 Å². The molecular formula is C13H14N2O4S. The summed E-state index contributed by atoms with van der Waals surface area (Å²) in [4.78, 5) is 11.7. The summed E-state index contributed by atoms with van der Waals surface area (Å²) >= 11 is 0. The Morgan fingerprint density at radius 3 is 2.85 bits per heavy atom. The number of esters is 1. The Bertz CT molecular complexity index is 820. The third-order valence-electron chi connectivity index (χ3n) is 3.43. The molecule has 1 aliphatic heterocycles. The Kier molecular flexibility index (Phi) is 2.75. The average molecular weight is 294 g/mol. The minimum atomic E-state index is -3.43. The van der Waals surface area contributed by atoms with Crippen molar-refractivity contribution in [1.29, 1.82) is 0 Å². The fourth-order valence-corrected chi connectivity index (χ4v) is 3.72. The van der Waals surface area contributed by atoms with Crippen molar-refractivity contribution < 1.29 is 17.9 Å². The number of carbonyl (C=O) groups excluding carboxylic acids is 1. The van der Waals surface area contributed by atoms with Crippen molar-refractivity contribution in [2.24, 2.45) is 0 Å². The highest BCUT2D eigenvalue weighted by Crippen LogP contribution is 2.34. The second kappa shape index (κ2) is 4.24. The van der Waals surface area contributed by atoms with Crippen LogP contribution in [0.4, 0.5) is 5.69 Å². The molecule has 0 aliphatic carbocycles. The number of sulfonamides is 1. The number of aromatic nitrogens is 1. The smallest absolute Gasteiger partial charge is 0.337 e. The average Bonchev–Trinajstić information content (AvgIpc) is 2.74. The molecule has 0 saturated heterocycles. The lowest BCUT2D eigenvalue weighted by molar-refractivity contribution is 0.0601. The molecule has 106 valence electrons. The summed E-state index contributed by atoms with van der Waals surface area (Å²) in [6.07, 6.45) is 2.58. The maximum absolute atomic E-state index is 11.9. The third kappa shape index (κ3) is 1.85. The molecule has 1 N–H and O–H groups in total. The molecule has 7 heteroatoms. The van der Waals surface area contributed by atoms with Crippen LogP contribution in [-0.2, 0) is 27.1 Å². The van der Waals surface area contributed by atoms with Crippen molar-refractivity contribution >= 4 is 32.6 Å². The molecule has 0 fully saturated rings. The highest BCUT2D eigenvalue weighted by atomic mass is 32.2. The Morgan fingerprint density at radius 2 is 2.20 bits per heavy atom. The van der Waals surface area contributed by atoms with E-state index in [4.69, 9.17) is 4.74 Å². The van der Waals surface area contributed by atoms with Gasteiger partial charge >= 0.3 is 5.97 Å². The van der Waals surface area contributed by atoms with Gasteiger partial charge in [-0.3, -0.25) is 4.72 Å². The second-order valence-corrected chi connectivity index (χ2v) is 6.43. The van der Waals surface area contributed by atoms with Gasteiger partial charge in [-0.05, 0) is 24.1 Å². The van der Waals surface area contributed by atoms with E-state index in [1.54, 1.807) is 10.6 Å². The van der Waals surface area contributed by atoms with Crippen molar-refractivity contribution in [3.05, 3.63) is 29.5 Å². The van der Waals surface area contributed by atoms with E-state index >= 15 is 0 Å². The van der Waals surface area contributed by atoms with Crippen LogP contribution >= 0.6 is 0 Å². The van der Waals surface area contributed by atoms with Gasteiger partial charge in [0.1, 0.15) is 5.88 Å². The Balaban J connectivity index is 2.35. The van der Waals surface area contributed by atoms with Crippen molar-refractivity contribution in [3.63, 3.8) is 0 Å². The number of carbonyl (C=O) groups is 1. The number of ether oxygens (including phenoxy) is 1. The molecule has 3 rings (SSSR count). The highest BCUT2D eigenvalue weighted by molar-refractivity contribution is 7.91. The van der Waals surface area contributed by atoms with E-state index in [-0.39, 0.29) is 5.88 Å². The first-order valence-corrected chi connectivity index (χ1v) is 7.85. The van der Waals surface area contributed by atoms with Crippen LogP contribution in [0.5, 0.6) is 0 Å². The first-order chi connectivity index (χ1) is 9.45. The first kappa shape index (κ1) is 13.0. The Hall–Kier alpha value is -2.02. The molecule has 2 aromatic rings. The van der Waals surface area contributed by atoms with Gasteiger partial charge in [0, 0.05) is 11.6 Å². The van der Waals surface area contributed by atoms with Crippen LogP contribution in [0.3, 0.4) is 0 Å². The van der Waals surface area contributed by atoms with Crippen LogP contribution in [0.2, 0.25) is 0 Å². The standard InChI is InChI=1S/C13H14N2O4S/c1-3-8-6-15-7-20(17,18)14-11-5-9(13(16)19-2)4-10(8)12(11)15/h4-6,14H,3,7H2,1-2H3. The van der Waals surface area contributed by atoms with Gasteiger partial charge < -0.3 is 9.30 Å².